The molecule has 3 heteroatoms. The molecule has 0 aromatic carbocycles. The van der Waals surface area contributed by atoms with Crippen molar-refractivity contribution in [3.05, 3.63) is 0 Å². The van der Waals surface area contributed by atoms with E-state index in [1.807, 2.05) is 0 Å². The molecule has 3 aliphatic carbocycles. The van der Waals surface area contributed by atoms with Gasteiger partial charge in [-0.1, -0.05) is 0 Å². The molecule has 0 saturated heterocycles. The molecule has 12 heavy (non-hydrogen) atoms. The van der Waals surface area contributed by atoms with Crippen LogP contribution in [0.4, 0.5) is 0 Å². The van der Waals surface area contributed by atoms with Crippen molar-refractivity contribution in [2.45, 2.75) is 36.4 Å². The molecule has 2 bridgehead atoms. The number of carboxylic acid groups (broad SMARTS) is 1. The molecular formula is C9H13GeO2. The maximum absolute atomic E-state index is 10.9. The van der Waals surface area contributed by atoms with Crippen molar-refractivity contribution in [2.24, 2.45) is 11.8 Å². The van der Waals surface area contributed by atoms with Gasteiger partial charge in [0, 0.05) is 0 Å². The van der Waals surface area contributed by atoms with E-state index in [-0.39, 0.29) is 10.2 Å². The van der Waals surface area contributed by atoms with Crippen molar-refractivity contribution in [2.75, 3.05) is 0 Å². The van der Waals surface area contributed by atoms with E-state index in [4.69, 9.17) is 5.11 Å². The van der Waals surface area contributed by atoms with Gasteiger partial charge in [0.2, 0.25) is 0 Å². The Hall–Kier alpha value is 0.0129. The van der Waals surface area contributed by atoms with Gasteiger partial charge in [-0.05, 0) is 0 Å². The van der Waals surface area contributed by atoms with Gasteiger partial charge in [-0.25, -0.2) is 0 Å². The third-order valence-corrected chi connectivity index (χ3v) is 5.31. The summed E-state index contributed by atoms with van der Waals surface area (Å²) < 4.78 is 0.126. The van der Waals surface area contributed by atoms with Crippen molar-refractivity contribution in [1.29, 1.82) is 0 Å². The van der Waals surface area contributed by atoms with Crippen molar-refractivity contribution in [3.8, 4) is 0 Å². The van der Waals surface area contributed by atoms with Gasteiger partial charge < -0.3 is 0 Å². The second-order valence-corrected chi connectivity index (χ2v) is 6.32. The Morgan fingerprint density at radius 1 is 1.42 bits per heavy atom. The van der Waals surface area contributed by atoms with E-state index in [2.05, 4.69) is 16.5 Å². The molecule has 1 atom stereocenters. The molecule has 0 heterocycles. The second kappa shape index (κ2) is 2.76. The van der Waals surface area contributed by atoms with Crippen LogP contribution in [0.25, 0.3) is 0 Å². The molecule has 3 saturated carbocycles. The molecule has 0 spiro atoms. The molecule has 0 aromatic rings. The molecule has 1 N–H and O–H groups in total. The zero-order valence-corrected chi connectivity index (χ0v) is 9.14. The number of rotatable bonds is 1. The summed E-state index contributed by atoms with van der Waals surface area (Å²) in [5, 5.41) is 9.03. The summed E-state index contributed by atoms with van der Waals surface area (Å²) in [4.78, 5) is 10.9. The summed E-state index contributed by atoms with van der Waals surface area (Å²) >= 11 is 2.15. The zero-order chi connectivity index (χ0) is 8.77. The summed E-state index contributed by atoms with van der Waals surface area (Å²) in [6.45, 7) is 0. The molecule has 3 rings (SSSR count). The van der Waals surface area contributed by atoms with E-state index in [1.54, 1.807) is 0 Å². The second-order valence-electron chi connectivity index (χ2n) is 4.23. The van der Waals surface area contributed by atoms with E-state index in [9.17, 15) is 4.79 Å². The number of fused-ring (bicyclic) bond motifs is 3. The predicted molar refractivity (Wildman–Crippen MR) is 46.1 cm³/mol. The van der Waals surface area contributed by atoms with Crippen LogP contribution in [0.15, 0.2) is 0 Å². The number of aliphatic carboxylic acids is 1. The Morgan fingerprint density at radius 3 is 2.33 bits per heavy atom. The Bertz CT molecular complexity index is 207. The van der Waals surface area contributed by atoms with Crippen molar-refractivity contribution in [3.63, 3.8) is 0 Å². The molecule has 1 unspecified atom stereocenters. The monoisotopic (exact) mass is 227 g/mol. The van der Waals surface area contributed by atoms with Gasteiger partial charge in [-0.3, -0.25) is 0 Å². The van der Waals surface area contributed by atoms with Crippen LogP contribution in [0.5, 0.6) is 0 Å². The van der Waals surface area contributed by atoms with Crippen molar-refractivity contribution >= 4 is 22.5 Å². The minimum atomic E-state index is -0.568. The fourth-order valence-electron chi connectivity index (χ4n) is 2.67. The molecule has 65 valence electrons. The van der Waals surface area contributed by atoms with Gasteiger partial charge in [0.05, 0.1) is 0 Å². The third kappa shape index (κ3) is 1.20. The Labute approximate surface area is 80.9 Å². The maximum atomic E-state index is 10.9. The summed E-state index contributed by atoms with van der Waals surface area (Å²) in [7, 11) is 0. The van der Waals surface area contributed by atoms with Gasteiger partial charge in [0.1, 0.15) is 0 Å². The average molecular weight is 226 g/mol. The molecule has 2 nitrogen and oxygen atoms in total. The van der Waals surface area contributed by atoms with Crippen LogP contribution in [0.1, 0.15) is 32.1 Å². The van der Waals surface area contributed by atoms with E-state index in [1.165, 1.54) is 12.8 Å². The van der Waals surface area contributed by atoms with Gasteiger partial charge in [-0.2, -0.15) is 0 Å². The molecular weight excluding hydrogens is 213 g/mol. The molecule has 0 amide bonds. The number of carbonyl (C=O) groups is 1. The van der Waals surface area contributed by atoms with E-state index in [0.717, 1.165) is 19.3 Å². The predicted octanol–water partition coefficient (Wildman–Crippen LogP) is 1.61. The Morgan fingerprint density at radius 2 is 2.00 bits per heavy atom. The van der Waals surface area contributed by atoms with E-state index >= 15 is 0 Å². The Kier molecular flexibility index (Phi) is 1.98. The van der Waals surface area contributed by atoms with Crippen LogP contribution in [-0.2, 0) is 4.79 Å². The fraction of sp³-hybridized carbons (Fsp3) is 0.889. The standard InChI is InChI=1S/C9H13GeO2/c10-9-3-1-6(2-4-9)5-7(9)8(11)12/h6-7H,1-5H2,(H,11,12). The van der Waals surface area contributed by atoms with Crippen molar-refractivity contribution < 1.29 is 9.90 Å². The molecule has 0 aliphatic heterocycles. The van der Waals surface area contributed by atoms with Gasteiger partial charge in [-0.15, -0.1) is 0 Å². The first-order valence-corrected chi connectivity index (χ1v) is 5.64. The number of hydrogen-bond donors (Lipinski definition) is 1. The average Bonchev–Trinajstić information content (AvgIpc) is 2.04. The summed E-state index contributed by atoms with van der Waals surface area (Å²) in [6.07, 6.45) is 5.73. The molecule has 3 radical (unpaired) electrons. The van der Waals surface area contributed by atoms with Gasteiger partial charge >= 0.3 is 80.6 Å². The van der Waals surface area contributed by atoms with E-state index in [0.29, 0.717) is 5.92 Å². The number of hydrogen-bond acceptors (Lipinski definition) is 1. The molecule has 0 aromatic heterocycles. The zero-order valence-electron chi connectivity index (χ0n) is 7.05. The first-order chi connectivity index (χ1) is 5.62. The summed E-state index contributed by atoms with van der Waals surface area (Å²) in [5.74, 6) is 0.0971. The topological polar surface area (TPSA) is 37.3 Å². The SMILES string of the molecule is O=C(O)C1CC2CC[C]1([Ge])CC2. The third-order valence-electron chi connectivity index (χ3n) is 3.53. The van der Waals surface area contributed by atoms with Crippen LogP contribution in [-0.4, -0.2) is 27.6 Å². The van der Waals surface area contributed by atoms with Crippen LogP contribution < -0.4 is 0 Å². The minimum absolute atomic E-state index is 0.0509. The molecule has 3 fully saturated rings. The summed E-state index contributed by atoms with van der Waals surface area (Å²) in [6, 6.07) is 0. The van der Waals surface area contributed by atoms with Gasteiger partial charge in [0.25, 0.3) is 0 Å². The quantitative estimate of drug-likeness (QED) is 0.689. The van der Waals surface area contributed by atoms with E-state index < -0.39 is 5.97 Å². The van der Waals surface area contributed by atoms with Crippen LogP contribution in [0, 0.1) is 11.8 Å². The first-order valence-electron chi connectivity index (χ1n) is 4.60. The first kappa shape index (κ1) is 8.60. The fourth-order valence-corrected chi connectivity index (χ4v) is 3.78. The van der Waals surface area contributed by atoms with Crippen LogP contribution >= 0.6 is 0 Å². The number of carboxylic acids is 1. The molecule has 3 aliphatic rings. The van der Waals surface area contributed by atoms with Gasteiger partial charge in [0.15, 0.2) is 0 Å². The van der Waals surface area contributed by atoms with Crippen LogP contribution in [0.3, 0.4) is 0 Å². The normalized spacial score (nSPS) is 46.1. The van der Waals surface area contributed by atoms with Crippen molar-refractivity contribution in [1.82, 2.24) is 0 Å². The summed E-state index contributed by atoms with van der Waals surface area (Å²) in [5.41, 5.74) is 0. The van der Waals surface area contributed by atoms with Crippen LogP contribution in [0.2, 0.25) is 4.25 Å². The Balaban J connectivity index is 2.20.